The first-order valence-electron chi connectivity index (χ1n) is 4.87. The first kappa shape index (κ1) is 10.9. The van der Waals surface area contributed by atoms with Gasteiger partial charge in [0.15, 0.2) is 0 Å². The van der Waals surface area contributed by atoms with E-state index in [1.807, 2.05) is 12.1 Å². The first-order chi connectivity index (χ1) is 6.56. The lowest BCUT2D eigenvalue weighted by Crippen LogP contribution is -2.25. The molecule has 0 unspecified atom stereocenters. The molecular formula is C11H19N3. The standard InChI is InChI=1S/C11H19N3/c1-8(2)14(3)10-4-5-11(13)9(6-10)7-12/h4-6,8H,7,12-13H2,1-3H3. The quantitative estimate of drug-likeness (QED) is 0.716. The second-order valence-corrected chi connectivity index (χ2v) is 3.79. The average Bonchev–Trinajstić information content (AvgIpc) is 2.17. The highest BCUT2D eigenvalue weighted by Crippen LogP contribution is 2.21. The van der Waals surface area contributed by atoms with Gasteiger partial charge in [-0.25, -0.2) is 0 Å². The van der Waals surface area contributed by atoms with Gasteiger partial charge in [0.05, 0.1) is 0 Å². The Morgan fingerprint density at radius 1 is 1.36 bits per heavy atom. The van der Waals surface area contributed by atoms with E-state index in [0.29, 0.717) is 12.6 Å². The summed E-state index contributed by atoms with van der Waals surface area (Å²) < 4.78 is 0. The van der Waals surface area contributed by atoms with Crippen molar-refractivity contribution in [1.82, 2.24) is 0 Å². The van der Waals surface area contributed by atoms with Gasteiger partial charge >= 0.3 is 0 Å². The van der Waals surface area contributed by atoms with Crippen LogP contribution in [0, 0.1) is 0 Å². The fraction of sp³-hybridized carbons (Fsp3) is 0.455. The molecule has 0 amide bonds. The van der Waals surface area contributed by atoms with Gasteiger partial charge in [0.1, 0.15) is 0 Å². The van der Waals surface area contributed by atoms with Crippen LogP contribution in [0.5, 0.6) is 0 Å². The molecule has 0 aliphatic rings. The number of rotatable bonds is 3. The van der Waals surface area contributed by atoms with E-state index in [0.717, 1.165) is 16.9 Å². The lowest BCUT2D eigenvalue weighted by atomic mass is 10.1. The second kappa shape index (κ2) is 4.33. The topological polar surface area (TPSA) is 55.3 Å². The molecule has 0 heterocycles. The van der Waals surface area contributed by atoms with E-state index >= 15 is 0 Å². The maximum absolute atomic E-state index is 5.78. The molecule has 0 radical (unpaired) electrons. The number of hydrogen-bond acceptors (Lipinski definition) is 3. The van der Waals surface area contributed by atoms with Gasteiger partial charge < -0.3 is 16.4 Å². The van der Waals surface area contributed by atoms with Crippen molar-refractivity contribution in [3.63, 3.8) is 0 Å². The summed E-state index contributed by atoms with van der Waals surface area (Å²) in [4.78, 5) is 2.19. The highest BCUT2D eigenvalue weighted by molar-refractivity contribution is 5.58. The lowest BCUT2D eigenvalue weighted by Gasteiger charge is -2.24. The van der Waals surface area contributed by atoms with E-state index in [-0.39, 0.29) is 0 Å². The highest BCUT2D eigenvalue weighted by atomic mass is 15.1. The van der Waals surface area contributed by atoms with Crippen molar-refractivity contribution in [2.75, 3.05) is 17.7 Å². The van der Waals surface area contributed by atoms with Crippen LogP contribution in [0.3, 0.4) is 0 Å². The van der Waals surface area contributed by atoms with Crippen molar-refractivity contribution in [1.29, 1.82) is 0 Å². The normalized spacial score (nSPS) is 10.6. The number of anilines is 2. The molecule has 1 rings (SSSR count). The molecule has 3 heteroatoms. The molecule has 0 saturated carbocycles. The SMILES string of the molecule is CC(C)N(C)c1ccc(N)c(CN)c1. The number of nitrogens with zero attached hydrogens (tertiary/aromatic N) is 1. The van der Waals surface area contributed by atoms with Crippen LogP contribution in [0.1, 0.15) is 19.4 Å². The number of nitrogens with two attached hydrogens (primary N) is 2. The smallest absolute Gasteiger partial charge is 0.0370 e. The molecule has 0 atom stereocenters. The molecule has 0 saturated heterocycles. The number of benzene rings is 1. The largest absolute Gasteiger partial charge is 0.398 e. The van der Waals surface area contributed by atoms with Crippen LogP contribution in [-0.4, -0.2) is 13.1 Å². The minimum atomic E-state index is 0.476. The predicted octanol–water partition coefficient (Wildman–Crippen LogP) is 1.57. The van der Waals surface area contributed by atoms with Gasteiger partial charge in [0.25, 0.3) is 0 Å². The summed E-state index contributed by atoms with van der Waals surface area (Å²) in [6, 6.07) is 6.46. The van der Waals surface area contributed by atoms with Crippen LogP contribution in [-0.2, 0) is 6.54 Å². The Bertz CT molecular complexity index is 307. The van der Waals surface area contributed by atoms with Gasteiger partial charge in [0, 0.05) is 31.0 Å². The van der Waals surface area contributed by atoms with E-state index in [1.54, 1.807) is 0 Å². The summed E-state index contributed by atoms with van der Waals surface area (Å²) in [5.41, 5.74) is 14.3. The van der Waals surface area contributed by atoms with Crippen molar-refractivity contribution in [2.24, 2.45) is 5.73 Å². The van der Waals surface area contributed by atoms with Gasteiger partial charge in [-0.15, -0.1) is 0 Å². The molecule has 0 aromatic heterocycles. The third-order valence-electron chi connectivity index (χ3n) is 2.53. The summed E-state index contributed by atoms with van der Waals surface area (Å²) in [6.45, 7) is 4.79. The summed E-state index contributed by atoms with van der Waals surface area (Å²) in [7, 11) is 2.07. The van der Waals surface area contributed by atoms with Crippen LogP contribution in [0.15, 0.2) is 18.2 Å². The van der Waals surface area contributed by atoms with Crippen molar-refractivity contribution < 1.29 is 0 Å². The highest BCUT2D eigenvalue weighted by Gasteiger charge is 2.06. The fourth-order valence-corrected chi connectivity index (χ4v) is 1.29. The second-order valence-electron chi connectivity index (χ2n) is 3.79. The third kappa shape index (κ3) is 2.17. The summed E-state index contributed by atoms with van der Waals surface area (Å²) in [6.07, 6.45) is 0. The zero-order valence-electron chi connectivity index (χ0n) is 9.12. The van der Waals surface area contributed by atoms with Gasteiger partial charge in [-0.05, 0) is 37.6 Å². The zero-order chi connectivity index (χ0) is 10.7. The Labute approximate surface area is 85.7 Å². The molecule has 1 aromatic carbocycles. The zero-order valence-corrected chi connectivity index (χ0v) is 9.12. The van der Waals surface area contributed by atoms with E-state index in [9.17, 15) is 0 Å². The van der Waals surface area contributed by atoms with Gasteiger partial charge in [0.2, 0.25) is 0 Å². The van der Waals surface area contributed by atoms with Gasteiger partial charge in [-0.1, -0.05) is 0 Å². The molecule has 0 aliphatic heterocycles. The van der Waals surface area contributed by atoms with E-state index in [4.69, 9.17) is 11.5 Å². The van der Waals surface area contributed by atoms with Gasteiger partial charge in [-0.2, -0.15) is 0 Å². The van der Waals surface area contributed by atoms with E-state index < -0.39 is 0 Å². The molecule has 3 nitrogen and oxygen atoms in total. The Hall–Kier alpha value is -1.22. The van der Waals surface area contributed by atoms with Crippen LogP contribution in [0.2, 0.25) is 0 Å². The molecule has 4 N–H and O–H groups in total. The van der Waals surface area contributed by atoms with Gasteiger partial charge in [-0.3, -0.25) is 0 Å². The van der Waals surface area contributed by atoms with Crippen LogP contribution in [0.4, 0.5) is 11.4 Å². The summed E-state index contributed by atoms with van der Waals surface area (Å²) in [5.74, 6) is 0. The average molecular weight is 193 g/mol. The number of nitrogen functional groups attached to an aromatic ring is 1. The maximum Gasteiger partial charge on any atom is 0.0370 e. The third-order valence-corrected chi connectivity index (χ3v) is 2.53. The molecule has 0 spiro atoms. The maximum atomic E-state index is 5.78. The van der Waals surface area contributed by atoms with Crippen LogP contribution >= 0.6 is 0 Å². The van der Waals surface area contributed by atoms with Crippen molar-refractivity contribution in [3.8, 4) is 0 Å². The first-order valence-corrected chi connectivity index (χ1v) is 4.87. The molecule has 0 fully saturated rings. The minimum Gasteiger partial charge on any atom is -0.398 e. The lowest BCUT2D eigenvalue weighted by molar-refractivity contribution is 0.754. The Morgan fingerprint density at radius 2 is 2.00 bits per heavy atom. The van der Waals surface area contributed by atoms with E-state index in [1.165, 1.54) is 0 Å². The Morgan fingerprint density at radius 3 is 2.50 bits per heavy atom. The predicted molar refractivity (Wildman–Crippen MR) is 62.3 cm³/mol. The number of hydrogen-bond donors (Lipinski definition) is 2. The van der Waals surface area contributed by atoms with Crippen LogP contribution in [0.25, 0.3) is 0 Å². The molecule has 0 bridgehead atoms. The monoisotopic (exact) mass is 193 g/mol. The van der Waals surface area contributed by atoms with Crippen LogP contribution < -0.4 is 16.4 Å². The molecule has 1 aromatic rings. The van der Waals surface area contributed by atoms with Crippen molar-refractivity contribution >= 4 is 11.4 Å². The van der Waals surface area contributed by atoms with Crippen molar-refractivity contribution in [2.45, 2.75) is 26.4 Å². The van der Waals surface area contributed by atoms with E-state index in [2.05, 4.69) is 31.9 Å². The minimum absolute atomic E-state index is 0.476. The molecule has 0 aliphatic carbocycles. The Balaban J connectivity index is 3.00. The Kier molecular flexibility index (Phi) is 3.36. The molecule has 14 heavy (non-hydrogen) atoms. The summed E-state index contributed by atoms with van der Waals surface area (Å²) >= 11 is 0. The molecule has 78 valence electrons. The van der Waals surface area contributed by atoms with Crippen molar-refractivity contribution in [3.05, 3.63) is 23.8 Å². The summed E-state index contributed by atoms with van der Waals surface area (Å²) in [5, 5.41) is 0. The fourth-order valence-electron chi connectivity index (χ4n) is 1.29. The molecular weight excluding hydrogens is 174 g/mol.